The van der Waals surface area contributed by atoms with Crippen LogP contribution in [0.5, 0.6) is 0 Å². The summed E-state index contributed by atoms with van der Waals surface area (Å²) in [6.07, 6.45) is 36.1. The van der Waals surface area contributed by atoms with Crippen molar-refractivity contribution in [2.45, 2.75) is 187 Å². The van der Waals surface area contributed by atoms with Crippen LogP contribution >= 0.6 is 0 Å². The summed E-state index contributed by atoms with van der Waals surface area (Å²) in [6, 6.07) is 0. The van der Waals surface area contributed by atoms with Gasteiger partial charge in [-0.15, -0.1) is 0 Å². The van der Waals surface area contributed by atoms with Crippen LogP contribution in [0.1, 0.15) is 187 Å². The molecule has 0 spiro atoms. The minimum absolute atomic E-state index is 0.282. The van der Waals surface area contributed by atoms with Gasteiger partial charge in [0.25, 0.3) is 0 Å². The number of carbonyl (C=O) groups is 2. The van der Waals surface area contributed by atoms with Crippen LogP contribution in [0.25, 0.3) is 0 Å². The predicted octanol–water partition coefficient (Wildman–Crippen LogP) is 10.7. The molecule has 0 aromatic carbocycles. The maximum Gasteiger partial charge on any atom is 0.374 e. The van der Waals surface area contributed by atoms with Crippen molar-refractivity contribution >= 4 is 11.8 Å². The molecule has 0 aliphatic heterocycles. The van der Waals surface area contributed by atoms with E-state index in [2.05, 4.69) is 6.92 Å². The SMILES string of the molecule is CCCCCCCCCCCCCCCCCCCCCCCCCCCCC(=O)C(=O)OCC. The first-order valence-corrected chi connectivity index (χ1v) is 15.9. The van der Waals surface area contributed by atoms with Gasteiger partial charge in [0.15, 0.2) is 0 Å². The fourth-order valence-electron chi connectivity index (χ4n) is 4.92. The van der Waals surface area contributed by atoms with Crippen molar-refractivity contribution in [2.75, 3.05) is 6.61 Å². The number of ketones is 1. The third-order valence-electron chi connectivity index (χ3n) is 7.26. The van der Waals surface area contributed by atoms with Gasteiger partial charge in [0.05, 0.1) is 6.61 Å². The highest BCUT2D eigenvalue weighted by molar-refractivity contribution is 6.33. The molecule has 0 saturated carbocycles. The van der Waals surface area contributed by atoms with Crippen LogP contribution in [0.15, 0.2) is 0 Å². The maximum atomic E-state index is 11.5. The van der Waals surface area contributed by atoms with E-state index >= 15 is 0 Å². The molecule has 0 radical (unpaired) electrons. The average Bonchev–Trinajstić information content (AvgIpc) is 2.86. The number of rotatable bonds is 29. The van der Waals surface area contributed by atoms with Crippen molar-refractivity contribution in [1.29, 1.82) is 0 Å². The smallest absolute Gasteiger partial charge is 0.374 e. The maximum absolute atomic E-state index is 11.5. The molecule has 0 amide bonds. The van der Waals surface area contributed by atoms with Crippen LogP contribution in [0.3, 0.4) is 0 Å². The van der Waals surface area contributed by atoms with Crippen LogP contribution < -0.4 is 0 Å². The number of hydrogen-bond donors (Lipinski definition) is 0. The lowest BCUT2D eigenvalue weighted by Crippen LogP contribution is -2.16. The number of hydrogen-bond acceptors (Lipinski definition) is 3. The van der Waals surface area contributed by atoms with Crippen LogP contribution in [-0.2, 0) is 14.3 Å². The molecule has 35 heavy (non-hydrogen) atoms. The average molecular weight is 495 g/mol. The Morgan fingerprint density at radius 2 is 0.657 bits per heavy atom. The zero-order valence-electron chi connectivity index (χ0n) is 24.0. The Kier molecular flexibility index (Phi) is 28.6. The third-order valence-corrected chi connectivity index (χ3v) is 7.26. The number of ether oxygens (including phenoxy) is 1. The second-order valence-electron chi connectivity index (χ2n) is 10.7. The van der Waals surface area contributed by atoms with Crippen LogP contribution in [-0.4, -0.2) is 18.4 Å². The predicted molar refractivity (Wildman–Crippen MR) is 152 cm³/mol. The molecule has 0 aliphatic carbocycles. The quantitative estimate of drug-likeness (QED) is 0.0590. The van der Waals surface area contributed by atoms with Crippen molar-refractivity contribution in [3.05, 3.63) is 0 Å². The summed E-state index contributed by atoms with van der Waals surface area (Å²) in [5.41, 5.74) is 0. The van der Waals surface area contributed by atoms with Gasteiger partial charge in [-0.3, -0.25) is 4.79 Å². The van der Waals surface area contributed by atoms with Gasteiger partial charge in [-0.05, 0) is 13.3 Å². The molecular formula is C32H62O3. The fourth-order valence-corrected chi connectivity index (χ4v) is 4.92. The molecule has 3 heteroatoms. The summed E-state index contributed by atoms with van der Waals surface area (Å²) in [7, 11) is 0. The Bertz CT molecular complexity index is 446. The minimum Gasteiger partial charge on any atom is -0.460 e. The Labute approximate surface area is 219 Å². The zero-order chi connectivity index (χ0) is 25.7. The second kappa shape index (κ2) is 29.4. The number of Topliss-reactive ketones (excluding diaryl/α,β-unsaturated/α-hetero) is 1. The second-order valence-corrected chi connectivity index (χ2v) is 10.7. The molecule has 0 aromatic rings. The summed E-state index contributed by atoms with van der Waals surface area (Å²) in [4.78, 5) is 22.7. The molecule has 3 nitrogen and oxygen atoms in total. The van der Waals surface area contributed by atoms with E-state index in [9.17, 15) is 9.59 Å². The molecule has 0 atom stereocenters. The highest BCUT2D eigenvalue weighted by atomic mass is 16.5. The topological polar surface area (TPSA) is 43.4 Å². The van der Waals surface area contributed by atoms with E-state index in [4.69, 9.17) is 4.74 Å². The molecule has 0 bridgehead atoms. The molecule has 0 unspecified atom stereocenters. The van der Waals surface area contributed by atoms with E-state index in [1.807, 2.05) is 0 Å². The fraction of sp³-hybridized carbons (Fsp3) is 0.938. The monoisotopic (exact) mass is 494 g/mol. The van der Waals surface area contributed by atoms with E-state index in [0.717, 1.165) is 12.8 Å². The summed E-state index contributed by atoms with van der Waals surface area (Å²) < 4.78 is 4.72. The Morgan fingerprint density at radius 3 is 0.914 bits per heavy atom. The van der Waals surface area contributed by atoms with E-state index in [1.165, 1.54) is 154 Å². The molecular weight excluding hydrogens is 432 g/mol. The van der Waals surface area contributed by atoms with Crippen LogP contribution in [0.2, 0.25) is 0 Å². The summed E-state index contributed by atoms with van der Waals surface area (Å²) in [6.45, 7) is 4.30. The van der Waals surface area contributed by atoms with Gasteiger partial charge in [-0.2, -0.15) is 0 Å². The lowest BCUT2D eigenvalue weighted by Gasteiger charge is -2.04. The van der Waals surface area contributed by atoms with Gasteiger partial charge in [-0.25, -0.2) is 4.79 Å². The molecule has 0 fully saturated rings. The lowest BCUT2D eigenvalue weighted by molar-refractivity contribution is -0.153. The number of carbonyl (C=O) groups excluding carboxylic acids is 2. The highest BCUT2D eigenvalue weighted by Crippen LogP contribution is 2.16. The first-order valence-electron chi connectivity index (χ1n) is 15.9. The molecule has 0 aliphatic rings. The van der Waals surface area contributed by atoms with Crippen molar-refractivity contribution in [3.63, 3.8) is 0 Å². The standard InChI is InChI=1S/C32H62O3/c1-3-5-6-7-8-9-10-11-12-13-14-15-16-17-18-19-20-21-22-23-24-25-26-27-28-29-30-31(33)32(34)35-4-2/h3-30H2,1-2H3. The first kappa shape index (κ1) is 34.1. The molecule has 0 N–H and O–H groups in total. The third kappa shape index (κ3) is 27.6. The molecule has 0 aromatic heterocycles. The first-order chi connectivity index (χ1) is 17.2. The summed E-state index contributed by atoms with van der Waals surface area (Å²) in [5.74, 6) is -1.02. The molecule has 0 saturated heterocycles. The van der Waals surface area contributed by atoms with Gasteiger partial charge >= 0.3 is 5.97 Å². The van der Waals surface area contributed by atoms with Crippen molar-refractivity contribution < 1.29 is 14.3 Å². The van der Waals surface area contributed by atoms with Gasteiger partial charge < -0.3 is 4.74 Å². The minimum atomic E-state index is -0.660. The van der Waals surface area contributed by atoms with Gasteiger partial charge in [0, 0.05) is 6.42 Å². The van der Waals surface area contributed by atoms with Gasteiger partial charge in [-0.1, -0.05) is 167 Å². The van der Waals surface area contributed by atoms with E-state index in [-0.39, 0.29) is 12.4 Å². The summed E-state index contributed by atoms with van der Waals surface area (Å²) in [5, 5.41) is 0. The van der Waals surface area contributed by atoms with Crippen LogP contribution in [0.4, 0.5) is 0 Å². The Morgan fingerprint density at radius 1 is 0.400 bits per heavy atom. The number of unbranched alkanes of at least 4 members (excludes halogenated alkanes) is 25. The zero-order valence-corrected chi connectivity index (χ0v) is 24.0. The van der Waals surface area contributed by atoms with Crippen LogP contribution in [0, 0.1) is 0 Å². The van der Waals surface area contributed by atoms with Gasteiger partial charge in [0.1, 0.15) is 0 Å². The Hall–Kier alpha value is -0.860. The van der Waals surface area contributed by atoms with E-state index in [1.54, 1.807) is 6.92 Å². The van der Waals surface area contributed by atoms with Gasteiger partial charge in [0.2, 0.25) is 5.78 Å². The molecule has 0 heterocycles. The van der Waals surface area contributed by atoms with Crippen molar-refractivity contribution in [1.82, 2.24) is 0 Å². The normalized spacial score (nSPS) is 11.1. The molecule has 208 valence electrons. The number of esters is 1. The highest BCUT2D eigenvalue weighted by Gasteiger charge is 2.13. The summed E-state index contributed by atoms with van der Waals surface area (Å²) >= 11 is 0. The van der Waals surface area contributed by atoms with E-state index < -0.39 is 5.97 Å². The lowest BCUT2D eigenvalue weighted by atomic mass is 10.0. The Balaban J connectivity index is 3.10. The van der Waals surface area contributed by atoms with Crippen molar-refractivity contribution in [3.8, 4) is 0 Å². The van der Waals surface area contributed by atoms with Crippen molar-refractivity contribution in [2.24, 2.45) is 0 Å². The largest absolute Gasteiger partial charge is 0.460 e. The van der Waals surface area contributed by atoms with E-state index in [0.29, 0.717) is 6.42 Å². The molecule has 0 rings (SSSR count).